The molecule has 0 saturated heterocycles. The Hall–Kier alpha value is -3.77. The molecule has 0 fully saturated rings. The van der Waals surface area contributed by atoms with E-state index in [1.54, 1.807) is 67.6 Å². The molecule has 1 heterocycles. The number of ketones is 1. The molecule has 1 aromatic heterocycles. The average molecular weight is 448 g/mol. The van der Waals surface area contributed by atoms with Crippen LogP contribution in [0.4, 0.5) is 10.1 Å². The summed E-state index contributed by atoms with van der Waals surface area (Å²) in [5.74, 6) is -0.894. The van der Waals surface area contributed by atoms with Gasteiger partial charge in [0, 0.05) is 16.8 Å². The standard InChI is InChI=1S/C25H19ClFN3O2/c1-16-22(24(26)30(29-16)15-17-10-12-20(27)13-11-17)25(32)28-21-9-5-8-19(14-21)23(31)18-6-3-2-4-7-18/h2-14H,15H2,1H3,(H,28,32). The lowest BCUT2D eigenvalue weighted by atomic mass is 10.0. The number of benzene rings is 3. The highest BCUT2D eigenvalue weighted by molar-refractivity contribution is 6.33. The van der Waals surface area contributed by atoms with Gasteiger partial charge in [0.1, 0.15) is 11.0 Å². The Morgan fingerprint density at radius 2 is 1.66 bits per heavy atom. The normalized spacial score (nSPS) is 10.7. The molecule has 4 aromatic rings. The number of nitrogens with one attached hydrogen (secondary N) is 1. The molecule has 0 bridgehead atoms. The van der Waals surface area contributed by atoms with Crippen molar-refractivity contribution in [1.29, 1.82) is 0 Å². The fourth-order valence-electron chi connectivity index (χ4n) is 3.37. The predicted molar refractivity (Wildman–Crippen MR) is 122 cm³/mol. The maximum absolute atomic E-state index is 13.1. The van der Waals surface area contributed by atoms with Gasteiger partial charge in [-0.2, -0.15) is 5.10 Å². The summed E-state index contributed by atoms with van der Waals surface area (Å²) in [5.41, 5.74) is 3.01. The number of nitrogens with zero attached hydrogens (tertiary/aromatic N) is 2. The highest BCUT2D eigenvalue weighted by Crippen LogP contribution is 2.23. The number of halogens is 2. The largest absolute Gasteiger partial charge is 0.322 e. The number of aromatic nitrogens is 2. The Morgan fingerprint density at radius 3 is 2.38 bits per heavy atom. The second-order valence-corrected chi connectivity index (χ2v) is 7.62. The van der Waals surface area contributed by atoms with E-state index in [9.17, 15) is 14.0 Å². The molecule has 4 rings (SSSR count). The molecule has 0 radical (unpaired) electrons. The minimum Gasteiger partial charge on any atom is -0.322 e. The van der Waals surface area contributed by atoms with Crippen molar-refractivity contribution in [2.24, 2.45) is 0 Å². The van der Waals surface area contributed by atoms with Gasteiger partial charge in [-0.3, -0.25) is 9.59 Å². The summed E-state index contributed by atoms with van der Waals surface area (Å²) in [6, 6.07) is 21.6. The molecule has 0 unspecified atom stereocenters. The summed E-state index contributed by atoms with van der Waals surface area (Å²) in [7, 11) is 0. The molecule has 0 aliphatic heterocycles. The van der Waals surface area contributed by atoms with Crippen molar-refractivity contribution in [2.75, 3.05) is 5.32 Å². The van der Waals surface area contributed by atoms with E-state index in [4.69, 9.17) is 11.6 Å². The van der Waals surface area contributed by atoms with E-state index < -0.39 is 5.91 Å². The molecule has 1 N–H and O–H groups in total. The van der Waals surface area contributed by atoms with Crippen LogP contribution < -0.4 is 5.32 Å². The molecular weight excluding hydrogens is 429 g/mol. The van der Waals surface area contributed by atoms with Crippen molar-refractivity contribution in [3.63, 3.8) is 0 Å². The molecular formula is C25H19ClFN3O2. The number of anilines is 1. The number of rotatable bonds is 6. The fourth-order valence-corrected chi connectivity index (χ4v) is 3.69. The third-order valence-corrected chi connectivity index (χ3v) is 5.34. The average Bonchev–Trinajstić information content (AvgIpc) is 3.08. The van der Waals surface area contributed by atoms with Crippen molar-refractivity contribution in [2.45, 2.75) is 13.5 Å². The molecule has 0 aliphatic rings. The minimum absolute atomic E-state index is 0.136. The quantitative estimate of drug-likeness (QED) is 0.396. The number of aryl methyl sites for hydroxylation is 1. The number of carbonyl (C=O) groups is 2. The summed E-state index contributed by atoms with van der Waals surface area (Å²) >= 11 is 6.45. The fraction of sp³-hybridized carbons (Fsp3) is 0.0800. The van der Waals surface area contributed by atoms with E-state index in [0.29, 0.717) is 29.1 Å². The van der Waals surface area contributed by atoms with Crippen LogP contribution in [0.15, 0.2) is 78.9 Å². The molecule has 0 atom stereocenters. The summed E-state index contributed by atoms with van der Waals surface area (Å²) in [5, 5.41) is 7.33. The number of carbonyl (C=O) groups excluding carboxylic acids is 2. The Kier molecular flexibility index (Phi) is 6.14. The smallest absolute Gasteiger partial charge is 0.260 e. The topological polar surface area (TPSA) is 64.0 Å². The summed E-state index contributed by atoms with van der Waals surface area (Å²) in [6.45, 7) is 1.99. The second-order valence-electron chi connectivity index (χ2n) is 7.27. The Labute approximate surface area is 189 Å². The molecule has 3 aromatic carbocycles. The van der Waals surface area contributed by atoms with Gasteiger partial charge >= 0.3 is 0 Å². The first kappa shape index (κ1) is 21.5. The van der Waals surface area contributed by atoms with Crippen LogP contribution >= 0.6 is 11.6 Å². The number of hydrogen-bond acceptors (Lipinski definition) is 3. The van der Waals surface area contributed by atoms with E-state index in [0.717, 1.165) is 5.56 Å². The van der Waals surface area contributed by atoms with Gasteiger partial charge in [0.2, 0.25) is 0 Å². The molecule has 7 heteroatoms. The molecule has 5 nitrogen and oxygen atoms in total. The summed E-state index contributed by atoms with van der Waals surface area (Å²) in [4.78, 5) is 25.6. The first-order valence-electron chi connectivity index (χ1n) is 9.91. The third kappa shape index (κ3) is 4.60. The van der Waals surface area contributed by atoms with Gasteiger partial charge < -0.3 is 5.32 Å². The van der Waals surface area contributed by atoms with E-state index >= 15 is 0 Å². The van der Waals surface area contributed by atoms with Gasteiger partial charge in [0.25, 0.3) is 5.91 Å². The van der Waals surface area contributed by atoms with Crippen LogP contribution in [0.3, 0.4) is 0 Å². The van der Waals surface area contributed by atoms with Crippen LogP contribution in [-0.2, 0) is 6.54 Å². The zero-order chi connectivity index (χ0) is 22.7. The van der Waals surface area contributed by atoms with Crippen LogP contribution in [0.1, 0.15) is 37.5 Å². The predicted octanol–water partition coefficient (Wildman–Crippen LogP) is 5.52. The van der Waals surface area contributed by atoms with Gasteiger partial charge in [0.15, 0.2) is 5.78 Å². The van der Waals surface area contributed by atoms with Crippen LogP contribution in [-0.4, -0.2) is 21.5 Å². The lowest BCUT2D eigenvalue weighted by Crippen LogP contribution is -2.14. The van der Waals surface area contributed by atoms with E-state index in [1.165, 1.54) is 16.8 Å². The van der Waals surface area contributed by atoms with Gasteiger partial charge in [-0.1, -0.05) is 66.2 Å². The molecule has 0 aliphatic carbocycles. The Morgan fingerprint density at radius 1 is 0.969 bits per heavy atom. The van der Waals surface area contributed by atoms with E-state index in [2.05, 4.69) is 10.4 Å². The summed E-state index contributed by atoms with van der Waals surface area (Å²) < 4.78 is 14.6. The molecule has 0 saturated carbocycles. The highest BCUT2D eigenvalue weighted by atomic mass is 35.5. The molecule has 160 valence electrons. The lowest BCUT2D eigenvalue weighted by molar-refractivity contribution is 0.102. The Bertz CT molecular complexity index is 1280. The van der Waals surface area contributed by atoms with Gasteiger partial charge in [0.05, 0.1) is 17.8 Å². The van der Waals surface area contributed by atoms with Crippen LogP contribution in [0, 0.1) is 12.7 Å². The third-order valence-electron chi connectivity index (χ3n) is 4.96. The van der Waals surface area contributed by atoms with Crippen LogP contribution in [0.2, 0.25) is 5.15 Å². The van der Waals surface area contributed by atoms with Crippen molar-refractivity contribution < 1.29 is 14.0 Å². The van der Waals surface area contributed by atoms with E-state index in [-0.39, 0.29) is 22.3 Å². The van der Waals surface area contributed by atoms with Crippen LogP contribution in [0.5, 0.6) is 0 Å². The maximum atomic E-state index is 13.1. The zero-order valence-corrected chi connectivity index (χ0v) is 17.9. The zero-order valence-electron chi connectivity index (χ0n) is 17.2. The van der Waals surface area contributed by atoms with E-state index in [1.807, 2.05) is 6.07 Å². The van der Waals surface area contributed by atoms with Crippen LogP contribution in [0.25, 0.3) is 0 Å². The van der Waals surface area contributed by atoms with Gasteiger partial charge in [-0.05, 0) is 36.8 Å². The van der Waals surface area contributed by atoms with Crippen molar-refractivity contribution in [3.8, 4) is 0 Å². The first-order valence-corrected chi connectivity index (χ1v) is 10.3. The van der Waals surface area contributed by atoms with Crippen molar-refractivity contribution >= 4 is 29.0 Å². The van der Waals surface area contributed by atoms with Gasteiger partial charge in [-0.15, -0.1) is 0 Å². The number of hydrogen-bond donors (Lipinski definition) is 1. The number of amides is 1. The minimum atomic E-state index is -0.429. The van der Waals surface area contributed by atoms with Crippen molar-refractivity contribution in [1.82, 2.24) is 9.78 Å². The monoisotopic (exact) mass is 447 g/mol. The SMILES string of the molecule is Cc1nn(Cc2ccc(F)cc2)c(Cl)c1C(=O)Nc1cccc(C(=O)c2ccccc2)c1. The Balaban J connectivity index is 1.54. The van der Waals surface area contributed by atoms with Gasteiger partial charge in [-0.25, -0.2) is 9.07 Å². The maximum Gasteiger partial charge on any atom is 0.260 e. The highest BCUT2D eigenvalue weighted by Gasteiger charge is 2.21. The molecule has 32 heavy (non-hydrogen) atoms. The first-order chi connectivity index (χ1) is 15.4. The van der Waals surface area contributed by atoms with Crippen molar-refractivity contribution in [3.05, 3.63) is 118 Å². The lowest BCUT2D eigenvalue weighted by Gasteiger charge is -2.08. The second kappa shape index (κ2) is 9.16. The molecule has 1 amide bonds. The molecule has 0 spiro atoms. The summed E-state index contributed by atoms with van der Waals surface area (Å²) in [6.07, 6.45) is 0.